The van der Waals surface area contributed by atoms with E-state index in [1.807, 2.05) is 34.6 Å². The Balaban J connectivity index is 0.00000177. The van der Waals surface area contributed by atoms with E-state index in [4.69, 9.17) is 18.9 Å². The number of hydrogen-bond donors (Lipinski definition) is 1. The van der Waals surface area contributed by atoms with E-state index in [1.54, 1.807) is 0 Å². The number of likely N-dealkylation sites (tertiary alicyclic amines) is 1. The number of fused-ring (bicyclic) bond motifs is 4. The van der Waals surface area contributed by atoms with Gasteiger partial charge in [0.15, 0.2) is 6.29 Å². The molecule has 2 spiro atoms. The molecule has 3 aliphatic heterocycles. The zero-order valence-corrected chi connectivity index (χ0v) is 33.3. The second-order valence-corrected chi connectivity index (χ2v) is 20.0. The number of rotatable bonds is 8. The first-order valence-electron chi connectivity index (χ1n) is 21.6. The zero-order chi connectivity index (χ0) is 35.3. The maximum atomic E-state index is 11.0. The molecule has 3 heterocycles. The molecule has 0 amide bonds. The summed E-state index contributed by atoms with van der Waals surface area (Å²) in [5, 5.41) is 11.0. The van der Waals surface area contributed by atoms with Gasteiger partial charge >= 0.3 is 0 Å². The summed E-state index contributed by atoms with van der Waals surface area (Å²) < 4.78 is 26.5. The molecule has 6 saturated carbocycles. The normalized spacial score (nSPS) is 47.9. The molecule has 0 aromatic rings. The van der Waals surface area contributed by atoms with Gasteiger partial charge in [-0.2, -0.15) is 0 Å². The summed E-state index contributed by atoms with van der Waals surface area (Å²) in [4.78, 5) is 5.41. The minimum atomic E-state index is -0.892. The Labute approximate surface area is 305 Å². The van der Waals surface area contributed by atoms with Crippen LogP contribution in [0.3, 0.4) is 0 Å². The summed E-state index contributed by atoms with van der Waals surface area (Å²) in [5.41, 5.74) is 0.756. The van der Waals surface area contributed by atoms with Crippen molar-refractivity contribution < 1.29 is 24.1 Å². The molecule has 286 valence electrons. The maximum absolute atomic E-state index is 11.0. The lowest BCUT2D eigenvalue weighted by Gasteiger charge is -2.60. The number of ether oxygens (including phenoxy) is 4. The van der Waals surface area contributed by atoms with Gasteiger partial charge in [-0.3, -0.25) is 9.80 Å². The minimum absolute atomic E-state index is 0.000961. The van der Waals surface area contributed by atoms with E-state index in [-0.39, 0.29) is 23.9 Å². The lowest BCUT2D eigenvalue weighted by atomic mass is 9.46. The topological polar surface area (TPSA) is 63.6 Å². The molecule has 12 unspecified atom stereocenters. The molecule has 1 N–H and O–H groups in total. The van der Waals surface area contributed by atoms with Crippen molar-refractivity contribution in [3.63, 3.8) is 0 Å². The predicted molar refractivity (Wildman–Crippen MR) is 198 cm³/mol. The monoisotopic (exact) mass is 699 g/mol. The van der Waals surface area contributed by atoms with Gasteiger partial charge in [-0.15, -0.1) is 0 Å². The molecule has 7 heteroatoms. The summed E-state index contributed by atoms with van der Waals surface area (Å²) in [6.07, 6.45) is 17.6. The van der Waals surface area contributed by atoms with Crippen molar-refractivity contribution in [3.8, 4) is 0 Å². The molecule has 9 fully saturated rings. The predicted octanol–water partition coefficient (Wildman–Crippen LogP) is 7.68. The largest absolute Gasteiger partial charge is 0.388 e. The van der Waals surface area contributed by atoms with E-state index < -0.39 is 5.60 Å². The van der Waals surface area contributed by atoms with E-state index in [2.05, 4.69) is 30.6 Å². The van der Waals surface area contributed by atoms with Crippen LogP contribution >= 0.6 is 0 Å². The lowest BCUT2D eigenvalue weighted by Crippen LogP contribution is -2.66. The molecule has 7 nitrogen and oxygen atoms in total. The highest BCUT2D eigenvalue weighted by Gasteiger charge is 2.80. The fraction of sp³-hybridized carbons (Fsp3) is 1.00. The van der Waals surface area contributed by atoms with E-state index in [0.717, 1.165) is 49.9 Å². The van der Waals surface area contributed by atoms with Gasteiger partial charge in [0, 0.05) is 44.9 Å². The molecule has 0 aromatic heterocycles. The van der Waals surface area contributed by atoms with E-state index in [1.165, 1.54) is 90.1 Å². The second kappa shape index (κ2) is 13.2. The van der Waals surface area contributed by atoms with Crippen LogP contribution in [0.15, 0.2) is 0 Å². The fourth-order valence-electron chi connectivity index (χ4n) is 14.7. The Morgan fingerprint density at radius 1 is 0.840 bits per heavy atom. The third-order valence-electron chi connectivity index (χ3n) is 17.3. The van der Waals surface area contributed by atoms with Gasteiger partial charge in [-0.05, 0) is 143 Å². The van der Waals surface area contributed by atoms with Crippen LogP contribution in [0.5, 0.6) is 0 Å². The van der Waals surface area contributed by atoms with E-state index in [0.29, 0.717) is 47.0 Å². The van der Waals surface area contributed by atoms with Gasteiger partial charge in [0.2, 0.25) is 0 Å². The fourth-order valence-corrected chi connectivity index (χ4v) is 14.7. The van der Waals surface area contributed by atoms with Crippen LogP contribution < -0.4 is 0 Å². The quantitative estimate of drug-likeness (QED) is 0.279. The minimum Gasteiger partial charge on any atom is -0.388 e. The molecule has 3 saturated heterocycles. The van der Waals surface area contributed by atoms with Gasteiger partial charge in [-0.25, -0.2) is 0 Å². The number of aliphatic hydroxyl groups is 1. The Morgan fingerprint density at radius 3 is 2.30 bits per heavy atom. The van der Waals surface area contributed by atoms with Crippen LogP contribution in [0.25, 0.3) is 0 Å². The standard InChI is InChI=1S/C41H68N2O5.C2H6/c1-7-45-36(38(4,5)44)31-13-11-29-32(47-31)21-30-28-12-14-33-37(2,3)34(15-16-41(33)25-40(28,41)18-17-39(29,30)6)48-35-24-42(19-20-46-35)27-22-43(23-27)26-9-8-10-26;1-2/h26-36,44H,7-25H2,1-6H3;1-2H3. The Kier molecular flexibility index (Phi) is 9.68. The van der Waals surface area contributed by atoms with Crippen molar-refractivity contribution in [2.75, 3.05) is 39.4 Å². The van der Waals surface area contributed by atoms with Gasteiger partial charge in [0.25, 0.3) is 0 Å². The Bertz CT molecular complexity index is 1210. The summed E-state index contributed by atoms with van der Waals surface area (Å²) in [5.74, 6) is 3.04. The second-order valence-electron chi connectivity index (χ2n) is 20.0. The molecular weight excluding hydrogens is 624 g/mol. The van der Waals surface area contributed by atoms with Crippen LogP contribution in [-0.2, 0) is 18.9 Å². The molecule has 0 bridgehead atoms. The van der Waals surface area contributed by atoms with Crippen molar-refractivity contribution >= 4 is 0 Å². The molecule has 50 heavy (non-hydrogen) atoms. The van der Waals surface area contributed by atoms with E-state index in [9.17, 15) is 5.11 Å². The molecule has 6 aliphatic carbocycles. The maximum Gasteiger partial charge on any atom is 0.170 e. The number of morpholine rings is 1. The van der Waals surface area contributed by atoms with Crippen molar-refractivity contribution in [2.24, 2.45) is 45.3 Å². The van der Waals surface area contributed by atoms with E-state index >= 15 is 0 Å². The third kappa shape index (κ3) is 5.57. The number of nitrogens with zero attached hydrogens (tertiary/aromatic N) is 2. The smallest absolute Gasteiger partial charge is 0.170 e. The van der Waals surface area contributed by atoms with Crippen molar-refractivity contribution in [1.82, 2.24) is 9.80 Å². The molecule has 0 aromatic carbocycles. The van der Waals surface area contributed by atoms with Crippen LogP contribution in [0.2, 0.25) is 0 Å². The SMILES string of the molecule is CC.CCOC(C1CCC2C(CC3C4CCC5C(C)(C)C(OC6CN(C7CN(C8CCC8)C7)CCO6)CCC56CC46CCC23C)O1)C(C)(C)O. The van der Waals surface area contributed by atoms with Gasteiger partial charge < -0.3 is 24.1 Å². The molecule has 9 rings (SSSR count). The first kappa shape index (κ1) is 36.7. The van der Waals surface area contributed by atoms with Gasteiger partial charge in [-0.1, -0.05) is 41.0 Å². The first-order valence-corrected chi connectivity index (χ1v) is 21.6. The van der Waals surface area contributed by atoms with Gasteiger partial charge in [0.05, 0.1) is 30.5 Å². The lowest BCUT2D eigenvalue weighted by molar-refractivity contribution is -0.251. The average Bonchev–Trinajstić information content (AvgIpc) is 3.62. The van der Waals surface area contributed by atoms with Crippen molar-refractivity contribution in [3.05, 3.63) is 0 Å². The van der Waals surface area contributed by atoms with Gasteiger partial charge in [0.1, 0.15) is 6.10 Å². The van der Waals surface area contributed by atoms with Crippen LogP contribution in [0.1, 0.15) is 139 Å². The van der Waals surface area contributed by atoms with Crippen LogP contribution in [0, 0.1) is 45.3 Å². The summed E-state index contributed by atoms with van der Waals surface area (Å²) in [6, 6.07) is 1.57. The summed E-state index contributed by atoms with van der Waals surface area (Å²) in [7, 11) is 0. The highest BCUT2D eigenvalue weighted by Crippen LogP contribution is 2.87. The molecular formula is C43H74N2O5. The third-order valence-corrected chi connectivity index (χ3v) is 17.3. The molecule has 12 atom stereocenters. The summed E-state index contributed by atoms with van der Waals surface area (Å²) in [6.45, 7) is 23.6. The van der Waals surface area contributed by atoms with Crippen LogP contribution in [-0.4, -0.2) is 103 Å². The number of hydrogen-bond acceptors (Lipinski definition) is 7. The zero-order valence-electron chi connectivity index (χ0n) is 33.3. The molecule has 0 radical (unpaired) electrons. The molecule has 9 aliphatic rings. The average molecular weight is 699 g/mol. The van der Waals surface area contributed by atoms with Crippen molar-refractivity contribution in [2.45, 2.75) is 187 Å². The first-order chi connectivity index (χ1) is 23.9. The highest BCUT2D eigenvalue weighted by atomic mass is 16.7. The highest BCUT2D eigenvalue weighted by molar-refractivity contribution is 5.29. The van der Waals surface area contributed by atoms with Crippen LogP contribution in [0.4, 0.5) is 0 Å². The van der Waals surface area contributed by atoms with Crippen molar-refractivity contribution in [1.29, 1.82) is 0 Å². The Hall–Kier alpha value is -0.280. The summed E-state index contributed by atoms with van der Waals surface area (Å²) >= 11 is 0. The Morgan fingerprint density at radius 2 is 1.60 bits per heavy atom.